The molecule has 1 saturated carbocycles. The first-order chi connectivity index (χ1) is 2.79. The van der Waals surface area contributed by atoms with Gasteiger partial charge in [-0.1, -0.05) is 6.92 Å². The van der Waals surface area contributed by atoms with Gasteiger partial charge in [-0.2, -0.15) is 0 Å². The van der Waals surface area contributed by atoms with Gasteiger partial charge in [0, 0.05) is 0 Å². The van der Waals surface area contributed by atoms with Crippen LogP contribution >= 0.6 is 0 Å². The third-order valence-corrected chi connectivity index (χ3v) is 1.17. The van der Waals surface area contributed by atoms with Crippen molar-refractivity contribution in [2.45, 2.75) is 25.9 Å². The summed E-state index contributed by atoms with van der Waals surface area (Å²) < 4.78 is 0. The number of aliphatic hydroxyl groups excluding tert-OH is 1. The Morgan fingerprint density at radius 1 is 1.67 bits per heavy atom. The molecular weight excluding hydrogens is 76.1 g/mol. The summed E-state index contributed by atoms with van der Waals surface area (Å²) in [7, 11) is 0. The molecule has 0 aromatic rings. The lowest BCUT2D eigenvalue weighted by Gasteiger charge is -2.26. The van der Waals surface area contributed by atoms with Crippen molar-refractivity contribution in [1.29, 1.82) is 0 Å². The molecule has 1 fully saturated rings. The van der Waals surface area contributed by atoms with Gasteiger partial charge in [0.1, 0.15) is 0 Å². The molecule has 0 amide bonds. The molecule has 1 radical (unpaired) electrons. The van der Waals surface area contributed by atoms with Crippen LogP contribution in [0.25, 0.3) is 0 Å². The van der Waals surface area contributed by atoms with E-state index < -0.39 is 0 Å². The third kappa shape index (κ3) is 0.548. The molecule has 1 aliphatic rings. The summed E-state index contributed by atoms with van der Waals surface area (Å²) in [5, 5.41) is 8.60. The van der Waals surface area contributed by atoms with Crippen LogP contribution in [-0.4, -0.2) is 11.2 Å². The zero-order valence-corrected chi connectivity index (χ0v) is 3.94. The van der Waals surface area contributed by atoms with E-state index in [1.165, 1.54) is 5.92 Å². The summed E-state index contributed by atoms with van der Waals surface area (Å²) in [6.45, 7) is 2.08. The van der Waals surface area contributed by atoms with E-state index in [1.54, 1.807) is 0 Å². The Morgan fingerprint density at radius 2 is 2.17 bits per heavy atom. The molecule has 0 atom stereocenters. The average Bonchev–Trinajstić information content (AvgIpc) is 1.33. The van der Waals surface area contributed by atoms with E-state index >= 15 is 0 Å². The lowest BCUT2D eigenvalue weighted by molar-refractivity contribution is 0.114. The van der Waals surface area contributed by atoms with Gasteiger partial charge in [-0.25, -0.2) is 0 Å². The third-order valence-electron chi connectivity index (χ3n) is 1.17. The van der Waals surface area contributed by atoms with E-state index in [-0.39, 0.29) is 6.10 Å². The predicted molar refractivity (Wildman–Crippen MR) is 24.2 cm³/mol. The van der Waals surface area contributed by atoms with Gasteiger partial charge in [0.2, 0.25) is 0 Å². The van der Waals surface area contributed by atoms with Crippen molar-refractivity contribution in [1.82, 2.24) is 0 Å². The van der Waals surface area contributed by atoms with Crippen molar-refractivity contribution in [2.24, 2.45) is 0 Å². The van der Waals surface area contributed by atoms with Gasteiger partial charge in [-0.05, 0) is 18.8 Å². The van der Waals surface area contributed by atoms with Crippen molar-refractivity contribution in [3.63, 3.8) is 0 Å². The number of rotatable bonds is 0. The minimum Gasteiger partial charge on any atom is -0.393 e. The Morgan fingerprint density at radius 3 is 2.17 bits per heavy atom. The van der Waals surface area contributed by atoms with Gasteiger partial charge in [0.25, 0.3) is 0 Å². The largest absolute Gasteiger partial charge is 0.393 e. The Balaban J connectivity index is 2.11. The molecule has 0 bridgehead atoms. The Hall–Kier alpha value is -0.0400. The predicted octanol–water partition coefficient (Wildman–Crippen LogP) is 0.735. The smallest absolute Gasteiger partial charge is 0.0551 e. The summed E-state index contributed by atoms with van der Waals surface area (Å²) in [5.74, 6) is 1.43. The second-order valence-corrected chi connectivity index (χ2v) is 2.02. The van der Waals surface area contributed by atoms with Gasteiger partial charge < -0.3 is 5.11 Å². The van der Waals surface area contributed by atoms with Crippen molar-refractivity contribution in [2.75, 3.05) is 0 Å². The van der Waals surface area contributed by atoms with E-state index in [1.807, 2.05) is 0 Å². The molecule has 0 aliphatic heterocycles. The van der Waals surface area contributed by atoms with Crippen LogP contribution in [0.4, 0.5) is 0 Å². The van der Waals surface area contributed by atoms with Crippen LogP contribution in [-0.2, 0) is 0 Å². The van der Waals surface area contributed by atoms with Crippen LogP contribution in [0.1, 0.15) is 19.8 Å². The molecule has 6 heavy (non-hydrogen) atoms. The number of aliphatic hydroxyl groups is 1. The summed E-state index contributed by atoms with van der Waals surface area (Å²) in [6.07, 6.45) is 1.89. The van der Waals surface area contributed by atoms with Gasteiger partial charge in [-0.15, -0.1) is 0 Å². The molecule has 1 nitrogen and oxygen atoms in total. The lowest BCUT2D eigenvalue weighted by Crippen LogP contribution is -2.23. The lowest BCUT2D eigenvalue weighted by atomic mass is 9.84. The maximum atomic E-state index is 8.60. The molecule has 1 aliphatic carbocycles. The minimum atomic E-state index is 0.00463. The highest BCUT2D eigenvalue weighted by Crippen LogP contribution is 2.27. The van der Waals surface area contributed by atoms with Crippen molar-refractivity contribution in [3.8, 4) is 0 Å². The molecule has 0 saturated heterocycles. The Bertz CT molecular complexity index is 39.9. The first-order valence-electron chi connectivity index (χ1n) is 2.28. The SMILES string of the molecule is C[C]1CC(O)C1. The molecule has 35 valence electrons. The van der Waals surface area contributed by atoms with Crippen LogP contribution < -0.4 is 0 Å². The van der Waals surface area contributed by atoms with Gasteiger partial charge >= 0.3 is 0 Å². The van der Waals surface area contributed by atoms with E-state index in [0.29, 0.717) is 0 Å². The second kappa shape index (κ2) is 1.23. The standard InChI is InChI=1S/C5H9O/c1-4-2-5(6)3-4/h5-6H,2-3H2,1H3. The van der Waals surface area contributed by atoms with E-state index in [2.05, 4.69) is 6.92 Å². The van der Waals surface area contributed by atoms with Gasteiger partial charge in [-0.3, -0.25) is 0 Å². The highest BCUT2D eigenvalue weighted by Gasteiger charge is 2.22. The molecular formula is C5H9O. The topological polar surface area (TPSA) is 20.2 Å². The maximum absolute atomic E-state index is 8.60. The van der Waals surface area contributed by atoms with Gasteiger partial charge in [0.15, 0.2) is 0 Å². The van der Waals surface area contributed by atoms with Gasteiger partial charge in [0.05, 0.1) is 6.10 Å². The number of hydrogen-bond acceptors (Lipinski definition) is 1. The highest BCUT2D eigenvalue weighted by molar-refractivity contribution is 4.99. The monoisotopic (exact) mass is 85.1 g/mol. The van der Waals surface area contributed by atoms with Crippen molar-refractivity contribution >= 4 is 0 Å². The normalized spacial score (nSPS) is 27.0. The average molecular weight is 85.1 g/mol. The van der Waals surface area contributed by atoms with E-state index in [4.69, 9.17) is 5.11 Å². The molecule has 1 heteroatoms. The first-order valence-corrected chi connectivity index (χ1v) is 2.28. The quantitative estimate of drug-likeness (QED) is 0.460. The summed E-state index contributed by atoms with van der Waals surface area (Å²) >= 11 is 0. The van der Waals surface area contributed by atoms with Crippen LogP contribution in [0.2, 0.25) is 0 Å². The molecule has 0 aromatic carbocycles. The maximum Gasteiger partial charge on any atom is 0.0551 e. The van der Waals surface area contributed by atoms with Crippen LogP contribution in [0.15, 0.2) is 0 Å². The van der Waals surface area contributed by atoms with E-state index in [0.717, 1.165) is 12.8 Å². The van der Waals surface area contributed by atoms with Crippen molar-refractivity contribution in [3.05, 3.63) is 5.92 Å². The van der Waals surface area contributed by atoms with Crippen LogP contribution in [0, 0.1) is 5.92 Å². The Labute approximate surface area is 38.0 Å². The zero-order chi connectivity index (χ0) is 4.57. The molecule has 0 heterocycles. The molecule has 0 aromatic heterocycles. The minimum absolute atomic E-state index is 0.00463. The fourth-order valence-electron chi connectivity index (χ4n) is 0.745. The first kappa shape index (κ1) is 4.13. The van der Waals surface area contributed by atoms with Crippen molar-refractivity contribution < 1.29 is 5.11 Å². The summed E-state index contributed by atoms with van der Waals surface area (Å²) in [4.78, 5) is 0. The molecule has 1 N–H and O–H groups in total. The van der Waals surface area contributed by atoms with Crippen LogP contribution in [0.5, 0.6) is 0 Å². The zero-order valence-electron chi connectivity index (χ0n) is 3.94. The summed E-state index contributed by atoms with van der Waals surface area (Å²) in [5.41, 5.74) is 0. The highest BCUT2D eigenvalue weighted by atomic mass is 16.3. The molecule has 0 spiro atoms. The number of hydrogen-bond donors (Lipinski definition) is 1. The Kier molecular flexibility index (Phi) is 0.845. The second-order valence-electron chi connectivity index (χ2n) is 2.02. The molecule has 1 rings (SSSR count). The van der Waals surface area contributed by atoms with Crippen LogP contribution in [0.3, 0.4) is 0 Å². The fourth-order valence-corrected chi connectivity index (χ4v) is 0.745. The molecule has 0 unspecified atom stereocenters. The van der Waals surface area contributed by atoms with E-state index in [9.17, 15) is 0 Å². The summed E-state index contributed by atoms with van der Waals surface area (Å²) in [6, 6.07) is 0. The fraction of sp³-hybridized carbons (Fsp3) is 0.800.